The van der Waals surface area contributed by atoms with E-state index < -0.39 is 0 Å². The monoisotopic (exact) mass is 328 g/mol. The second kappa shape index (κ2) is 8.31. The maximum absolute atomic E-state index is 12.2. The maximum Gasteiger partial charge on any atom is 0.318 e. The van der Waals surface area contributed by atoms with Gasteiger partial charge in [-0.2, -0.15) is 0 Å². The number of rotatable bonds is 7. The largest absolute Gasteiger partial charge is 0.395 e. The van der Waals surface area contributed by atoms with Gasteiger partial charge < -0.3 is 19.9 Å². The van der Waals surface area contributed by atoms with Gasteiger partial charge >= 0.3 is 6.03 Å². The molecule has 2 N–H and O–H groups in total. The molecule has 1 heterocycles. The summed E-state index contributed by atoms with van der Waals surface area (Å²) in [6, 6.07) is 7.63. The summed E-state index contributed by atoms with van der Waals surface area (Å²) in [7, 11) is 0. The van der Waals surface area contributed by atoms with Crippen LogP contribution in [0.3, 0.4) is 0 Å². The number of hydrogen-bond acceptors (Lipinski definition) is 3. The molecule has 1 aromatic carbocycles. The highest BCUT2D eigenvalue weighted by Gasteiger charge is 2.15. The lowest BCUT2D eigenvalue weighted by Crippen LogP contribution is -2.42. The third kappa shape index (κ3) is 4.23. The highest BCUT2D eigenvalue weighted by Crippen LogP contribution is 2.17. The lowest BCUT2D eigenvalue weighted by Gasteiger charge is -2.23. The summed E-state index contributed by atoms with van der Waals surface area (Å²) in [5, 5.41) is 12.0. The standard InChI is InChI=1S/C18H24N4O2/c1-4-10-21(12-13-23)18(24)20-14(2)16-5-7-17(8-6-16)22-11-9-19-15(22)3/h4-9,11,14,23H,1,10,12-13H2,2-3H3,(H,20,24). The summed E-state index contributed by atoms with van der Waals surface area (Å²) in [4.78, 5) is 18.0. The van der Waals surface area contributed by atoms with Gasteiger partial charge in [0.05, 0.1) is 12.6 Å². The van der Waals surface area contributed by atoms with Gasteiger partial charge in [0.15, 0.2) is 0 Å². The Kier molecular flexibility index (Phi) is 6.14. The number of amides is 2. The minimum absolute atomic E-state index is 0.0748. The molecular weight excluding hydrogens is 304 g/mol. The first kappa shape index (κ1) is 17.7. The van der Waals surface area contributed by atoms with Gasteiger partial charge in [-0.1, -0.05) is 18.2 Å². The number of carbonyl (C=O) groups is 1. The third-order valence-corrected chi connectivity index (χ3v) is 3.84. The van der Waals surface area contributed by atoms with Gasteiger partial charge in [-0.05, 0) is 31.5 Å². The first-order valence-electron chi connectivity index (χ1n) is 7.94. The predicted octanol–water partition coefficient (Wildman–Crippen LogP) is 2.43. The Labute approximate surface area is 142 Å². The molecule has 0 aliphatic heterocycles. The van der Waals surface area contributed by atoms with E-state index in [-0.39, 0.29) is 25.2 Å². The second-order valence-corrected chi connectivity index (χ2v) is 5.57. The van der Waals surface area contributed by atoms with E-state index in [2.05, 4.69) is 16.9 Å². The molecule has 6 heteroatoms. The van der Waals surface area contributed by atoms with Crippen LogP contribution in [0, 0.1) is 6.92 Å². The van der Waals surface area contributed by atoms with Gasteiger partial charge in [-0.25, -0.2) is 9.78 Å². The Morgan fingerprint density at radius 1 is 1.46 bits per heavy atom. The second-order valence-electron chi connectivity index (χ2n) is 5.57. The summed E-state index contributed by atoms with van der Waals surface area (Å²) in [5.41, 5.74) is 2.04. The van der Waals surface area contributed by atoms with Crippen LogP contribution in [0.4, 0.5) is 4.79 Å². The van der Waals surface area contributed by atoms with Crippen LogP contribution in [0.15, 0.2) is 49.3 Å². The van der Waals surface area contributed by atoms with Gasteiger partial charge in [-0.3, -0.25) is 0 Å². The van der Waals surface area contributed by atoms with Crippen LogP contribution in [-0.2, 0) is 0 Å². The lowest BCUT2D eigenvalue weighted by molar-refractivity contribution is 0.181. The zero-order chi connectivity index (χ0) is 17.5. The summed E-state index contributed by atoms with van der Waals surface area (Å²) in [6.07, 6.45) is 5.32. The number of nitrogens with zero attached hydrogens (tertiary/aromatic N) is 3. The molecule has 128 valence electrons. The lowest BCUT2D eigenvalue weighted by atomic mass is 10.1. The Morgan fingerprint density at radius 2 is 2.17 bits per heavy atom. The summed E-state index contributed by atoms with van der Waals surface area (Å²) < 4.78 is 2.00. The maximum atomic E-state index is 12.2. The number of imidazole rings is 1. The summed E-state index contributed by atoms with van der Waals surface area (Å²) >= 11 is 0. The van der Waals surface area contributed by atoms with Crippen LogP contribution in [0.25, 0.3) is 5.69 Å². The number of benzene rings is 1. The fourth-order valence-electron chi connectivity index (χ4n) is 2.49. The van der Waals surface area contributed by atoms with E-state index >= 15 is 0 Å². The van der Waals surface area contributed by atoms with Crippen LogP contribution in [-0.4, -0.2) is 45.3 Å². The van der Waals surface area contributed by atoms with E-state index in [1.807, 2.05) is 48.9 Å². The van der Waals surface area contributed by atoms with Crippen molar-refractivity contribution in [2.45, 2.75) is 19.9 Å². The van der Waals surface area contributed by atoms with Crippen LogP contribution >= 0.6 is 0 Å². The molecule has 0 aliphatic carbocycles. The number of carbonyl (C=O) groups excluding carboxylic acids is 1. The van der Waals surface area contributed by atoms with Crippen molar-refractivity contribution < 1.29 is 9.90 Å². The molecule has 0 spiro atoms. The van der Waals surface area contributed by atoms with E-state index in [9.17, 15) is 4.79 Å². The molecule has 6 nitrogen and oxygen atoms in total. The van der Waals surface area contributed by atoms with E-state index in [1.165, 1.54) is 4.90 Å². The smallest absolute Gasteiger partial charge is 0.318 e. The molecular formula is C18H24N4O2. The van der Waals surface area contributed by atoms with Crippen LogP contribution in [0.5, 0.6) is 0 Å². The fourth-order valence-corrected chi connectivity index (χ4v) is 2.49. The molecule has 24 heavy (non-hydrogen) atoms. The molecule has 0 fully saturated rings. The molecule has 1 aromatic heterocycles. The SMILES string of the molecule is C=CCN(CCO)C(=O)NC(C)c1ccc(-n2ccnc2C)cc1. The van der Waals surface area contributed by atoms with Gasteiger partial charge in [0.1, 0.15) is 5.82 Å². The number of urea groups is 1. The van der Waals surface area contributed by atoms with Crippen molar-refractivity contribution in [2.75, 3.05) is 19.7 Å². The van der Waals surface area contributed by atoms with E-state index in [4.69, 9.17) is 5.11 Å². The first-order chi connectivity index (χ1) is 11.6. The molecule has 1 unspecified atom stereocenters. The molecule has 0 saturated heterocycles. The van der Waals surface area contributed by atoms with Crippen molar-refractivity contribution in [3.63, 3.8) is 0 Å². The van der Waals surface area contributed by atoms with Gasteiger partial charge in [0.25, 0.3) is 0 Å². The van der Waals surface area contributed by atoms with Gasteiger partial charge in [0.2, 0.25) is 0 Å². The van der Waals surface area contributed by atoms with Crippen molar-refractivity contribution in [2.24, 2.45) is 0 Å². The summed E-state index contributed by atoms with van der Waals surface area (Å²) in [5.74, 6) is 0.924. The number of hydrogen-bond donors (Lipinski definition) is 2. The summed E-state index contributed by atoms with van der Waals surface area (Å²) in [6.45, 7) is 8.12. The number of aromatic nitrogens is 2. The van der Waals surface area contributed by atoms with Gasteiger partial charge in [-0.15, -0.1) is 6.58 Å². The molecule has 0 radical (unpaired) electrons. The van der Waals surface area contributed by atoms with Crippen molar-refractivity contribution in [1.29, 1.82) is 0 Å². The molecule has 2 amide bonds. The predicted molar refractivity (Wildman–Crippen MR) is 94.1 cm³/mol. The molecule has 1 atom stereocenters. The topological polar surface area (TPSA) is 70.4 Å². The molecule has 0 bridgehead atoms. The molecule has 0 aliphatic rings. The number of aliphatic hydroxyl groups excluding tert-OH is 1. The van der Waals surface area contributed by atoms with Crippen LogP contribution < -0.4 is 5.32 Å². The third-order valence-electron chi connectivity index (χ3n) is 3.84. The Hall–Kier alpha value is -2.60. The fraction of sp³-hybridized carbons (Fsp3) is 0.333. The zero-order valence-electron chi connectivity index (χ0n) is 14.1. The Balaban J connectivity index is 2.04. The van der Waals surface area contributed by atoms with Crippen molar-refractivity contribution >= 4 is 6.03 Å². The van der Waals surface area contributed by atoms with Crippen molar-refractivity contribution in [1.82, 2.24) is 19.8 Å². The average Bonchev–Trinajstić information content (AvgIpc) is 3.00. The van der Waals surface area contributed by atoms with E-state index in [0.29, 0.717) is 6.54 Å². The highest BCUT2D eigenvalue weighted by atomic mass is 16.3. The van der Waals surface area contributed by atoms with Gasteiger partial charge in [0, 0.05) is 31.2 Å². The van der Waals surface area contributed by atoms with Crippen LogP contribution in [0.2, 0.25) is 0 Å². The van der Waals surface area contributed by atoms with E-state index in [1.54, 1.807) is 12.3 Å². The highest BCUT2D eigenvalue weighted by molar-refractivity contribution is 5.74. The Bertz CT molecular complexity index is 679. The first-order valence-corrected chi connectivity index (χ1v) is 7.94. The molecule has 2 aromatic rings. The van der Waals surface area contributed by atoms with E-state index in [0.717, 1.165) is 17.1 Å². The molecule has 2 rings (SSSR count). The normalized spacial score (nSPS) is 11.8. The quantitative estimate of drug-likeness (QED) is 0.767. The number of aliphatic hydroxyl groups is 1. The number of aryl methyl sites for hydroxylation is 1. The minimum Gasteiger partial charge on any atom is -0.395 e. The zero-order valence-corrected chi connectivity index (χ0v) is 14.1. The van der Waals surface area contributed by atoms with Crippen molar-refractivity contribution in [3.8, 4) is 5.69 Å². The van der Waals surface area contributed by atoms with Crippen LogP contribution in [0.1, 0.15) is 24.4 Å². The average molecular weight is 328 g/mol. The number of nitrogens with one attached hydrogen (secondary N) is 1. The minimum atomic E-state index is -0.217. The molecule has 0 saturated carbocycles. The van der Waals surface area contributed by atoms with Crippen molar-refractivity contribution in [3.05, 3.63) is 60.7 Å². The Morgan fingerprint density at radius 3 is 2.71 bits per heavy atom.